The molecule has 2 amide bonds. The molecule has 2 heterocycles. The van der Waals surface area contributed by atoms with Gasteiger partial charge in [0, 0.05) is 12.1 Å². The van der Waals surface area contributed by atoms with E-state index >= 15 is 0 Å². The van der Waals surface area contributed by atoms with E-state index in [1.165, 1.54) is 0 Å². The summed E-state index contributed by atoms with van der Waals surface area (Å²) in [5, 5.41) is 12.0. The number of carbonyl (C=O) groups is 2. The van der Waals surface area contributed by atoms with Crippen LogP contribution in [0.4, 0.5) is 0 Å². The molecule has 3 unspecified atom stereocenters. The summed E-state index contributed by atoms with van der Waals surface area (Å²) in [4.78, 5) is 25.0. The highest BCUT2D eigenvalue weighted by Gasteiger charge is 2.50. The maximum Gasteiger partial charge on any atom is 0.296 e. The Morgan fingerprint density at radius 2 is 1.45 bits per heavy atom. The number of para-hydroxylation sites is 1. The molecule has 1 saturated heterocycles. The van der Waals surface area contributed by atoms with Gasteiger partial charge in [0.15, 0.2) is 12.4 Å². The van der Waals surface area contributed by atoms with Crippen LogP contribution in [-0.4, -0.2) is 11.8 Å². The molecule has 142 valence electrons. The van der Waals surface area contributed by atoms with Gasteiger partial charge in [0.05, 0.1) is 12.0 Å². The zero-order valence-electron chi connectivity index (χ0n) is 15.4. The van der Waals surface area contributed by atoms with Crippen LogP contribution in [0.25, 0.3) is 0 Å². The minimum Gasteiger partial charge on any atom is -0.457 e. The summed E-state index contributed by atoms with van der Waals surface area (Å²) in [6, 6.07) is 23.4. The molecule has 3 aromatic rings. The second-order valence-corrected chi connectivity index (χ2v) is 6.74. The molecule has 6 nitrogen and oxygen atoms in total. The van der Waals surface area contributed by atoms with E-state index in [2.05, 4.69) is 11.4 Å². The monoisotopic (exact) mass is 384 g/mol. The molecular formula is C23H18N3O3+. The zero-order valence-corrected chi connectivity index (χ0v) is 15.4. The van der Waals surface area contributed by atoms with Crippen molar-refractivity contribution in [2.75, 3.05) is 0 Å². The molecule has 1 aromatic heterocycles. The molecule has 0 radical (unpaired) electrons. The Balaban J connectivity index is 1.69. The van der Waals surface area contributed by atoms with Crippen molar-refractivity contribution in [3.05, 3.63) is 90.8 Å². The number of piperidine rings is 1. The highest BCUT2D eigenvalue weighted by atomic mass is 16.5. The summed E-state index contributed by atoms with van der Waals surface area (Å²) >= 11 is 0. The van der Waals surface area contributed by atoms with E-state index in [9.17, 15) is 14.9 Å². The van der Waals surface area contributed by atoms with Crippen molar-refractivity contribution >= 4 is 11.8 Å². The molecule has 0 spiro atoms. The summed E-state index contributed by atoms with van der Waals surface area (Å²) in [5.41, 5.74) is 0.724. The van der Waals surface area contributed by atoms with Crippen LogP contribution in [0.5, 0.6) is 11.5 Å². The topological polar surface area (TPSA) is 83.1 Å². The van der Waals surface area contributed by atoms with Crippen LogP contribution < -0.4 is 14.6 Å². The lowest BCUT2D eigenvalue weighted by Crippen LogP contribution is -2.59. The van der Waals surface area contributed by atoms with Gasteiger partial charge in [-0.15, -0.1) is 0 Å². The van der Waals surface area contributed by atoms with Gasteiger partial charge in [-0.3, -0.25) is 14.9 Å². The fraction of sp³-hybridized carbons (Fsp3) is 0.130. The zero-order chi connectivity index (χ0) is 20.2. The number of ether oxygens (including phenoxy) is 1. The summed E-state index contributed by atoms with van der Waals surface area (Å²) in [6.07, 6.45) is 3.52. The third-order valence-electron chi connectivity index (χ3n) is 4.94. The fourth-order valence-electron chi connectivity index (χ4n) is 3.60. The number of hydrogen-bond donors (Lipinski definition) is 1. The number of imide groups is 1. The minimum absolute atomic E-state index is 0.424. The number of nitriles is 1. The van der Waals surface area contributed by atoms with Crippen molar-refractivity contribution in [1.82, 2.24) is 5.32 Å². The molecule has 0 saturated carbocycles. The highest BCUT2D eigenvalue weighted by Crippen LogP contribution is 2.37. The third-order valence-corrected chi connectivity index (χ3v) is 4.94. The molecular weight excluding hydrogens is 366 g/mol. The van der Waals surface area contributed by atoms with Crippen LogP contribution in [0.1, 0.15) is 17.5 Å². The standard InChI is InChI=1S/C23H17N3O3/c24-15-19-20(21(23(28)25-22(19)27)26-13-5-2-6-14-26)16-9-11-18(12-10-16)29-17-7-3-1-4-8-17/h1-14,19-21H/p+1. The molecule has 1 aliphatic rings. The average molecular weight is 384 g/mol. The van der Waals surface area contributed by atoms with E-state index in [4.69, 9.17) is 4.74 Å². The molecule has 0 bridgehead atoms. The van der Waals surface area contributed by atoms with Crippen molar-refractivity contribution < 1.29 is 18.9 Å². The first kappa shape index (κ1) is 18.4. The number of aromatic nitrogens is 1. The Hall–Kier alpha value is -3.98. The van der Waals surface area contributed by atoms with Crippen molar-refractivity contribution in [1.29, 1.82) is 5.26 Å². The van der Waals surface area contributed by atoms with Gasteiger partial charge in [0.1, 0.15) is 17.4 Å². The van der Waals surface area contributed by atoms with Crippen LogP contribution in [0.3, 0.4) is 0 Å². The van der Waals surface area contributed by atoms with E-state index in [-0.39, 0.29) is 0 Å². The Kier molecular flexibility index (Phi) is 5.04. The predicted octanol–water partition coefficient (Wildman–Crippen LogP) is 2.89. The van der Waals surface area contributed by atoms with Gasteiger partial charge >= 0.3 is 0 Å². The van der Waals surface area contributed by atoms with E-state index in [0.29, 0.717) is 11.5 Å². The summed E-state index contributed by atoms with van der Waals surface area (Å²) in [6.45, 7) is 0. The van der Waals surface area contributed by atoms with Crippen LogP contribution >= 0.6 is 0 Å². The number of carbonyl (C=O) groups excluding carboxylic acids is 2. The summed E-state index contributed by atoms with van der Waals surface area (Å²) in [7, 11) is 0. The van der Waals surface area contributed by atoms with Crippen molar-refractivity contribution in [3.63, 3.8) is 0 Å². The molecule has 1 N–H and O–H groups in total. The number of benzene rings is 2. The smallest absolute Gasteiger partial charge is 0.296 e. The largest absolute Gasteiger partial charge is 0.457 e. The van der Waals surface area contributed by atoms with Gasteiger partial charge in [-0.2, -0.15) is 9.83 Å². The highest BCUT2D eigenvalue weighted by molar-refractivity contribution is 6.02. The quantitative estimate of drug-likeness (QED) is 0.554. The lowest BCUT2D eigenvalue weighted by atomic mass is 9.77. The predicted molar refractivity (Wildman–Crippen MR) is 104 cm³/mol. The molecule has 4 rings (SSSR count). The lowest BCUT2D eigenvalue weighted by molar-refractivity contribution is -0.713. The van der Waals surface area contributed by atoms with Gasteiger partial charge < -0.3 is 4.74 Å². The first-order valence-electron chi connectivity index (χ1n) is 9.20. The first-order chi connectivity index (χ1) is 14.2. The number of pyridine rings is 1. The lowest BCUT2D eigenvalue weighted by Gasteiger charge is -2.30. The number of nitrogens with zero attached hydrogens (tertiary/aromatic N) is 2. The molecule has 1 aliphatic heterocycles. The van der Waals surface area contributed by atoms with Crippen molar-refractivity contribution in [2.45, 2.75) is 12.0 Å². The molecule has 2 aromatic carbocycles. The van der Waals surface area contributed by atoms with Gasteiger partial charge in [-0.05, 0) is 29.8 Å². The molecule has 0 aliphatic carbocycles. The number of rotatable bonds is 4. The van der Waals surface area contributed by atoms with Crippen molar-refractivity contribution in [3.8, 4) is 17.6 Å². The van der Waals surface area contributed by atoms with Crippen molar-refractivity contribution in [2.24, 2.45) is 5.92 Å². The number of nitrogens with one attached hydrogen (secondary N) is 1. The van der Waals surface area contributed by atoms with Crippen LogP contribution in [0.15, 0.2) is 85.2 Å². The normalized spacial score (nSPS) is 21.1. The van der Waals surface area contributed by atoms with E-state index in [0.717, 1.165) is 5.56 Å². The molecule has 3 atom stereocenters. The van der Waals surface area contributed by atoms with Gasteiger partial charge in [-0.1, -0.05) is 36.4 Å². The average Bonchev–Trinajstić information content (AvgIpc) is 2.75. The molecule has 1 fully saturated rings. The number of amides is 2. The summed E-state index contributed by atoms with van der Waals surface area (Å²) < 4.78 is 7.54. The van der Waals surface area contributed by atoms with E-state index in [1.54, 1.807) is 53.4 Å². The van der Waals surface area contributed by atoms with Gasteiger partial charge in [0.25, 0.3) is 5.91 Å². The van der Waals surface area contributed by atoms with E-state index in [1.807, 2.05) is 36.4 Å². The third kappa shape index (κ3) is 3.71. The van der Waals surface area contributed by atoms with Crippen LogP contribution in [0.2, 0.25) is 0 Å². The second kappa shape index (κ2) is 7.95. The molecule has 29 heavy (non-hydrogen) atoms. The SMILES string of the molecule is N#CC1C(=O)NC(=O)C([n+]2ccccc2)C1c1ccc(Oc2ccccc2)cc1. The maximum absolute atomic E-state index is 12.7. The minimum atomic E-state index is -0.980. The Bertz CT molecular complexity index is 1060. The van der Waals surface area contributed by atoms with Gasteiger partial charge in [0.2, 0.25) is 11.9 Å². The van der Waals surface area contributed by atoms with E-state index < -0.39 is 29.7 Å². The van der Waals surface area contributed by atoms with Crippen LogP contribution in [0, 0.1) is 17.2 Å². The summed E-state index contributed by atoms with van der Waals surface area (Å²) in [5.74, 6) is -1.25. The van der Waals surface area contributed by atoms with Crippen LogP contribution in [-0.2, 0) is 9.59 Å². The Labute approximate surface area is 168 Å². The first-order valence-corrected chi connectivity index (χ1v) is 9.20. The Morgan fingerprint density at radius 1 is 0.828 bits per heavy atom. The van der Waals surface area contributed by atoms with Gasteiger partial charge in [-0.25, -0.2) is 0 Å². The number of hydrogen-bond acceptors (Lipinski definition) is 4. The molecule has 6 heteroatoms. The Morgan fingerprint density at radius 3 is 2.10 bits per heavy atom. The maximum atomic E-state index is 12.7. The second-order valence-electron chi connectivity index (χ2n) is 6.74. The fourth-order valence-corrected chi connectivity index (χ4v) is 3.60.